The summed E-state index contributed by atoms with van der Waals surface area (Å²) in [4.78, 5) is 41.6. The summed E-state index contributed by atoms with van der Waals surface area (Å²) in [5.74, 6) is 4.88. The minimum Gasteiger partial charge on any atom is -0.446 e. The van der Waals surface area contributed by atoms with Crippen molar-refractivity contribution < 1.29 is 28.6 Å². The SMILES string of the molecule is CC(C)CCC[C@@H](C)[C@H]1CC[C@H]2[C@@H]3CC=C4C[C@@H](OC(=O)NCCCCCCN5c6cc(NC(=O)OC(C)(C)C)ccc6-c6ccc(NC(=O)OC(C)(C)C)cc6C5c5ccccc5)CC[C@]4(C)[C@H]3CC[C@]12C. The summed E-state index contributed by atoms with van der Waals surface area (Å²) in [6, 6.07) is 22.3. The molecule has 1 aliphatic heterocycles. The van der Waals surface area contributed by atoms with Crippen LogP contribution in [0.4, 0.5) is 31.4 Å². The van der Waals surface area contributed by atoms with Crippen molar-refractivity contribution in [3.05, 3.63) is 89.5 Å². The zero-order chi connectivity index (χ0) is 52.3. The van der Waals surface area contributed by atoms with E-state index in [1.807, 2.05) is 65.8 Å². The molecule has 3 aromatic rings. The van der Waals surface area contributed by atoms with E-state index in [2.05, 4.69) is 104 Å². The van der Waals surface area contributed by atoms with Gasteiger partial charge in [-0.3, -0.25) is 10.6 Å². The molecule has 398 valence electrons. The molecule has 10 nitrogen and oxygen atoms in total. The zero-order valence-corrected chi connectivity index (χ0v) is 46.5. The minimum atomic E-state index is -0.638. The average Bonchev–Trinajstić information content (AvgIpc) is 3.67. The summed E-state index contributed by atoms with van der Waals surface area (Å²) in [6.07, 6.45) is 18.7. The van der Waals surface area contributed by atoms with Crippen LogP contribution in [0.1, 0.15) is 190 Å². The number of hydrogen-bond donors (Lipinski definition) is 3. The van der Waals surface area contributed by atoms with E-state index in [-0.39, 0.29) is 23.7 Å². The number of nitrogens with one attached hydrogen (secondary N) is 3. The number of amides is 3. The number of hydrogen-bond acceptors (Lipinski definition) is 7. The largest absolute Gasteiger partial charge is 0.446 e. The summed E-state index contributed by atoms with van der Waals surface area (Å²) in [6.45, 7) is 25.0. The van der Waals surface area contributed by atoms with E-state index in [0.29, 0.717) is 23.3 Å². The molecule has 1 unspecified atom stereocenters. The Kier molecular flexibility index (Phi) is 16.7. The zero-order valence-electron chi connectivity index (χ0n) is 46.5. The lowest BCUT2D eigenvalue weighted by Gasteiger charge is -2.58. The fourth-order valence-electron chi connectivity index (χ4n) is 14.5. The molecular formula is C63H90N4O6. The van der Waals surface area contributed by atoms with E-state index in [1.165, 1.54) is 51.4 Å². The van der Waals surface area contributed by atoms with E-state index in [0.717, 1.165) is 115 Å². The Balaban J connectivity index is 0.865. The highest BCUT2D eigenvalue weighted by Crippen LogP contribution is 2.67. The van der Waals surface area contributed by atoms with Gasteiger partial charge >= 0.3 is 18.3 Å². The maximum atomic E-state index is 13.3. The quantitative estimate of drug-likeness (QED) is 0.0743. The third kappa shape index (κ3) is 12.8. The summed E-state index contributed by atoms with van der Waals surface area (Å²) in [5, 5.41) is 9.04. The number of anilines is 3. The van der Waals surface area contributed by atoms with Crippen LogP contribution in [0.25, 0.3) is 11.1 Å². The van der Waals surface area contributed by atoms with Crippen LogP contribution in [0, 0.1) is 46.3 Å². The highest BCUT2D eigenvalue weighted by atomic mass is 16.6. The van der Waals surface area contributed by atoms with Gasteiger partial charge in [-0.15, -0.1) is 0 Å². The highest BCUT2D eigenvalue weighted by molar-refractivity contribution is 5.93. The molecule has 3 saturated carbocycles. The van der Waals surface area contributed by atoms with Crippen LogP contribution in [0.3, 0.4) is 0 Å². The Hall–Kier alpha value is -4.99. The van der Waals surface area contributed by atoms with Crippen molar-refractivity contribution in [2.24, 2.45) is 46.3 Å². The third-order valence-electron chi connectivity index (χ3n) is 17.8. The molecule has 73 heavy (non-hydrogen) atoms. The molecule has 0 bridgehead atoms. The first kappa shape index (κ1) is 54.3. The van der Waals surface area contributed by atoms with E-state index < -0.39 is 23.4 Å². The minimum absolute atomic E-state index is 0.0635. The lowest BCUT2D eigenvalue weighted by atomic mass is 9.47. The number of carbonyl (C=O) groups excluding carboxylic acids is 3. The second-order valence-electron chi connectivity index (χ2n) is 25.7. The second kappa shape index (κ2) is 22.5. The molecule has 10 heteroatoms. The van der Waals surface area contributed by atoms with Gasteiger partial charge in [-0.2, -0.15) is 0 Å². The van der Waals surface area contributed by atoms with Gasteiger partial charge in [0.25, 0.3) is 0 Å². The standard InChI is InChI=1S/C63H90N4O6/c1-41(2)20-19-21-42(3)52-30-31-53-50-27-24-44-38-47(32-34-62(44,10)54(50)33-35-63(52,53)11)71-57(68)64-36-17-12-13-18-37-67-55-40-46(66-59(70)73-61(7,8)9)26-29-49(55)48-28-25-45(65-58(69)72-60(4,5)6)39-51(48)56(67)43-22-15-14-16-23-43/h14-16,22-26,28-29,39-42,47,50,52-54,56H,12-13,17-21,27,30-38H2,1-11H3,(H,64,68)(H,65,69)(H,66,70)/t42-,47+,50+,52-,53+,54+,56?,62+,63-/m1/s1. The van der Waals surface area contributed by atoms with Gasteiger partial charge in [-0.05, 0) is 187 Å². The van der Waals surface area contributed by atoms with Crippen molar-refractivity contribution in [3.8, 4) is 11.1 Å². The van der Waals surface area contributed by atoms with E-state index in [1.54, 1.807) is 5.57 Å². The van der Waals surface area contributed by atoms with Crippen LogP contribution >= 0.6 is 0 Å². The van der Waals surface area contributed by atoms with Crippen LogP contribution in [0.2, 0.25) is 0 Å². The summed E-state index contributed by atoms with van der Waals surface area (Å²) in [7, 11) is 0. The van der Waals surface area contributed by atoms with Gasteiger partial charge in [0.15, 0.2) is 0 Å². The molecule has 4 aliphatic carbocycles. The highest BCUT2D eigenvalue weighted by Gasteiger charge is 2.59. The lowest BCUT2D eigenvalue weighted by molar-refractivity contribution is -0.0581. The van der Waals surface area contributed by atoms with Crippen LogP contribution in [0.5, 0.6) is 0 Å². The Morgan fingerprint density at radius 1 is 0.712 bits per heavy atom. The first-order chi connectivity index (χ1) is 34.6. The number of carbonyl (C=O) groups is 3. The number of unbranched alkanes of at least 4 members (excludes halogenated alkanes) is 3. The summed E-state index contributed by atoms with van der Waals surface area (Å²) in [5.41, 5.74) is 7.55. The predicted octanol–water partition coefficient (Wildman–Crippen LogP) is 16.7. The third-order valence-corrected chi connectivity index (χ3v) is 17.8. The number of benzene rings is 3. The molecule has 5 aliphatic rings. The Morgan fingerprint density at radius 3 is 2.07 bits per heavy atom. The van der Waals surface area contributed by atoms with E-state index >= 15 is 0 Å². The summed E-state index contributed by atoms with van der Waals surface area (Å²) >= 11 is 0. The summed E-state index contributed by atoms with van der Waals surface area (Å²) < 4.78 is 17.4. The fraction of sp³-hybridized carbons (Fsp3) is 0.635. The van der Waals surface area contributed by atoms with E-state index in [4.69, 9.17) is 14.2 Å². The molecule has 0 spiro atoms. The van der Waals surface area contributed by atoms with Crippen LogP contribution < -0.4 is 20.9 Å². The lowest BCUT2D eigenvalue weighted by Crippen LogP contribution is -2.51. The fourth-order valence-corrected chi connectivity index (χ4v) is 14.5. The van der Waals surface area contributed by atoms with Gasteiger partial charge in [-0.25, -0.2) is 14.4 Å². The van der Waals surface area contributed by atoms with Crippen molar-refractivity contribution >= 4 is 35.3 Å². The first-order valence-corrected chi connectivity index (χ1v) is 28.4. The molecule has 9 atom stereocenters. The number of alkyl carbamates (subject to hydrolysis) is 1. The maximum Gasteiger partial charge on any atom is 0.412 e. The van der Waals surface area contributed by atoms with Crippen LogP contribution in [-0.2, 0) is 14.2 Å². The van der Waals surface area contributed by atoms with Crippen molar-refractivity contribution in [2.75, 3.05) is 28.6 Å². The molecule has 8 rings (SSSR count). The Bertz CT molecular complexity index is 2440. The van der Waals surface area contributed by atoms with Gasteiger partial charge < -0.3 is 24.4 Å². The molecule has 0 saturated heterocycles. The number of fused-ring (bicyclic) bond motifs is 8. The van der Waals surface area contributed by atoms with Crippen molar-refractivity contribution in [2.45, 2.75) is 196 Å². The molecule has 0 aromatic heterocycles. The Labute approximate surface area is 438 Å². The Morgan fingerprint density at radius 2 is 1.38 bits per heavy atom. The topological polar surface area (TPSA) is 118 Å². The number of ether oxygens (including phenoxy) is 3. The molecule has 1 heterocycles. The number of nitrogens with zero attached hydrogens (tertiary/aromatic N) is 1. The molecule has 3 amide bonds. The van der Waals surface area contributed by atoms with Gasteiger partial charge in [-0.1, -0.05) is 121 Å². The van der Waals surface area contributed by atoms with Crippen molar-refractivity contribution in [3.63, 3.8) is 0 Å². The van der Waals surface area contributed by atoms with Gasteiger partial charge in [0.1, 0.15) is 17.3 Å². The molecule has 3 N–H and O–H groups in total. The molecule has 3 aromatic carbocycles. The second-order valence-corrected chi connectivity index (χ2v) is 25.7. The number of allylic oxidation sites excluding steroid dienone is 1. The molecule has 0 radical (unpaired) electrons. The van der Waals surface area contributed by atoms with Crippen LogP contribution in [0.15, 0.2) is 78.4 Å². The van der Waals surface area contributed by atoms with Crippen molar-refractivity contribution in [1.82, 2.24) is 5.32 Å². The monoisotopic (exact) mass is 999 g/mol. The molecule has 3 fully saturated rings. The van der Waals surface area contributed by atoms with Gasteiger partial charge in [0.05, 0.1) is 6.04 Å². The smallest absolute Gasteiger partial charge is 0.412 e. The average molecular weight is 999 g/mol. The van der Waals surface area contributed by atoms with Crippen molar-refractivity contribution in [1.29, 1.82) is 0 Å². The van der Waals surface area contributed by atoms with Gasteiger partial charge in [0, 0.05) is 42.1 Å². The number of rotatable bonds is 16. The normalized spacial score (nSPS) is 26.7. The van der Waals surface area contributed by atoms with Gasteiger partial charge in [0.2, 0.25) is 0 Å². The molecular weight excluding hydrogens is 909 g/mol. The van der Waals surface area contributed by atoms with Crippen LogP contribution in [-0.4, -0.2) is 48.7 Å². The maximum absolute atomic E-state index is 13.3. The van der Waals surface area contributed by atoms with E-state index in [9.17, 15) is 14.4 Å². The predicted molar refractivity (Wildman–Crippen MR) is 297 cm³/mol. The first-order valence-electron chi connectivity index (χ1n) is 28.4.